The Kier molecular flexibility index (Phi) is 3.83. The second-order valence-electron chi connectivity index (χ2n) is 4.89. The zero-order valence-electron chi connectivity index (χ0n) is 11.8. The van der Waals surface area contributed by atoms with Crippen molar-refractivity contribution in [3.05, 3.63) is 52.8 Å². The van der Waals surface area contributed by atoms with Crippen LogP contribution in [-0.2, 0) is 12.8 Å². The van der Waals surface area contributed by atoms with Gasteiger partial charge in [-0.3, -0.25) is 4.68 Å². The minimum Gasteiger partial charge on any atom is -0.507 e. The predicted molar refractivity (Wildman–Crippen MR) is 88.1 cm³/mol. The molecule has 0 unspecified atom stereocenters. The average molecular weight is 319 g/mol. The number of aromatic nitrogens is 2. The molecule has 5 heteroatoms. The molecule has 0 spiro atoms. The maximum atomic E-state index is 9.93. The fourth-order valence-corrected chi connectivity index (χ4v) is 3.79. The lowest BCUT2D eigenvalue weighted by molar-refractivity contribution is 0.481. The highest BCUT2D eigenvalue weighted by molar-refractivity contribution is 7.98. The van der Waals surface area contributed by atoms with E-state index in [-0.39, 0.29) is 0 Å². The Morgan fingerprint density at radius 1 is 1.19 bits per heavy atom. The molecular formula is C16H15ClN2OS. The number of halogens is 1. The molecule has 2 aromatic carbocycles. The van der Waals surface area contributed by atoms with E-state index >= 15 is 0 Å². The number of benzene rings is 2. The van der Waals surface area contributed by atoms with Crippen molar-refractivity contribution in [2.45, 2.75) is 17.6 Å². The van der Waals surface area contributed by atoms with Gasteiger partial charge in [0, 0.05) is 23.1 Å². The highest BCUT2D eigenvalue weighted by atomic mass is 35.5. The maximum Gasteiger partial charge on any atom is 0.123 e. The molecule has 0 aliphatic rings. The van der Waals surface area contributed by atoms with Gasteiger partial charge >= 0.3 is 0 Å². The molecule has 108 valence electrons. The van der Waals surface area contributed by atoms with Crippen molar-refractivity contribution in [3.8, 4) is 5.75 Å². The topological polar surface area (TPSA) is 38.0 Å². The second-order valence-corrected chi connectivity index (χ2v) is 6.28. The normalized spacial score (nSPS) is 11.2. The van der Waals surface area contributed by atoms with Crippen molar-refractivity contribution in [2.24, 2.45) is 7.05 Å². The van der Waals surface area contributed by atoms with Gasteiger partial charge in [0.05, 0.1) is 16.4 Å². The van der Waals surface area contributed by atoms with Gasteiger partial charge in [0.1, 0.15) is 5.75 Å². The van der Waals surface area contributed by atoms with E-state index in [0.29, 0.717) is 5.75 Å². The van der Waals surface area contributed by atoms with Gasteiger partial charge in [-0.15, -0.1) is 11.8 Å². The van der Waals surface area contributed by atoms with E-state index in [1.165, 1.54) is 0 Å². The van der Waals surface area contributed by atoms with E-state index in [9.17, 15) is 5.11 Å². The van der Waals surface area contributed by atoms with Gasteiger partial charge in [0.25, 0.3) is 0 Å². The van der Waals surface area contributed by atoms with E-state index in [1.54, 1.807) is 17.8 Å². The molecule has 3 nitrogen and oxygen atoms in total. The van der Waals surface area contributed by atoms with E-state index in [0.717, 1.165) is 37.8 Å². The Morgan fingerprint density at radius 2 is 1.90 bits per heavy atom. The summed E-state index contributed by atoms with van der Waals surface area (Å²) in [4.78, 5) is 1.12. The van der Waals surface area contributed by atoms with Gasteiger partial charge < -0.3 is 5.11 Å². The largest absolute Gasteiger partial charge is 0.507 e. The molecule has 0 saturated heterocycles. The molecule has 0 aliphatic carbocycles. The first-order valence-corrected chi connectivity index (χ1v) is 7.95. The second kappa shape index (κ2) is 5.62. The third-order valence-corrected chi connectivity index (χ3v) is 5.06. The number of rotatable bonds is 3. The Hall–Kier alpha value is -1.65. The number of nitrogens with zero attached hydrogens (tertiary/aromatic N) is 2. The van der Waals surface area contributed by atoms with E-state index in [4.69, 9.17) is 11.6 Å². The number of hydrogen-bond acceptors (Lipinski definition) is 3. The molecule has 0 aliphatic heterocycles. The lowest BCUT2D eigenvalue weighted by Crippen LogP contribution is -1.96. The SMILES string of the molecule is Cc1nn(C)c(CSc2ccc(O)c3ccccc23)c1Cl. The molecule has 0 bridgehead atoms. The summed E-state index contributed by atoms with van der Waals surface area (Å²) in [5.41, 5.74) is 1.86. The maximum absolute atomic E-state index is 9.93. The molecule has 0 fully saturated rings. The van der Waals surface area contributed by atoms with Crippen molar-refractivity contribution >= 4 is 34.1 Å². The van der Waals surface area contributed by atoms with Gasteiger partial charge in [0.15, 0.2) is 0 Å². The quantitative estimate of drug-likeness (QED) is 0.721. The Balaban J connectivity index is 1.94. The molecule has 21 heavy (non-hydrogen) atoms. The Bertz CT molecular complexity index is 813. The minimum absolute atomic E-state index is 0.310. The number of phenols is 1. The molecular weight excluding hydrogens is 304 g/mol. The van der Waals surface area contributed by atoms with Gasteiger partial charge in [0.2, 0.25) is 0 Å². The lowest BCUT2D eigenvalue weighted by atomic mass is 10.1. The summed E-state index contributed by atoms with van der Waals surface area (Å²) in [5.74, 6) is 1.05. The molecule has 0 radical (unpaired) electrons. The van der Waals surface area contributed by atoms with Crippen molar-refractivity contribution in [1.29, 1.82) is 0 Å². The molecule has 1 heterocycles. The van der Waals surface area contributed by atoms with E-state index in [2.05, 4.69) is 5.10 Å². The van der Waals surface area contributed by atoms with Crippen molar-refractivity contribution in [3.63, 3.8) is 0 Å². The molecule has 0 amide bonds. The summed E-state index contributed by atoms with van der Waals surface area (Å²) >= 11 is 7.98. The van der Waals surface area contributed by atoms with E-state index < -0.39 is 0 Å². The molecule has 1 aromatic heterocycles. The van der Waals surface area contributed by atoms with Crippen LogP contribution < -0.4 is 0 Å². The first-order chi connectivity index (χ1) is 10.1. The first-order valence-electron chi connectivity index (χ1n) is 6.59. The third-order valence-electron chi connectivity index (χ3n) is 3.49. The summed E-state index contributed by atoms with van der Waals surface area (Å²) < 4.78 is 1.83. The summed E-state index contributed by atoms with van der Waals surface area (Å²) in [6.45, 7) is 1.91. The summed E-state index contributed by atoms with van der Waals surface area (Å²) in [7, 11) is 1.91. The molecule has 0 saturated carbocycles. The van der Waals surface area contributed by atoms with Crippen LogP contribution in [0, 0.1) is 6.92 Å². The van der Waals surface area contributed by atoms with Crippen LogP contribution in [0.2, 0.25) is 5.02 Å². The lowest BCUT2D eigenvalue weighted by Gasteiger charge is -2.08. The van der Waals surface area contributed by atoms with Crippen molar-refractivity contribution in [2.75, 3.05) is 0 Å². The van der Waals surface area contributed by atoms with Crippen LogP contribution in [-0.4, -0.2) is 14.9 Å². The Morgan fingerprint density at radius 3 is 2.57 bits per heavy atom. The van der Waals surface area contributed by atoms with Crippen molar-refractivity contribution in [1.82, 2.24) is 9.78 Å². The van der Waals surface area contributed by atoms with Crippen LogP contribution in [0.4, 0.5) is 0 Å². The van der Waals surface area contributed by atoms with Crippen LogP contribution in [0.3, 0.4) is 0 Å². The fourth-order valence-electron chi connectivity index (χ4n) is 2.36. The number of aryl methyl sites for hydroxylation is 2. The van der Waals surface area contributed by atoms with Crippen LogP contribution >= 0.6 is 23.4 Å². The molecule has 3 aromatic rings. The van der Waals surface area contributed by atoms with Crippen LogP contribution in [0.1, 0.15) is 11.4 Å². The molecule has 0 atom stereocenters. The van der Waals surface area contributed by atoms with Crippen LogP contribution in [0.25, 0.3) is 10.8 Å². The number of hydrogen-bond donors (Lipinski definition) is 1. The predicted octanol–water partition coefficient (Wildman–Crippen LogP) is 4.53. The van der Waals surface area contributed by atoms with Gasteiger partial charge in [-0.05, 0) is 24.4 Å². The third kappa shape index (κ3) is 2.61. The zero-order valence-corrected chi connectivity index (χ0v) is 13.4. The smallest absolute Gasteiger partial charge is 0.123 e. The Labute approximate surface area is 132 Å². The number of thioether (sulfide) groups is 1. The monoisotopic (exact) mass is 318 g/mol. The standard InChI is InChI=1S/C16H15ClN2OS/c1-10-16(17)13(19(2)18-10)9-21-15-8-7-14(20)11-5-3-4-6-12(11)15/h3-8,20H,9H2,1-2H3. The zero-order chi connectivity index (χ0) is 15.0. The van der Waals surface area contributed by atoms with E-state index in [1.807, 2.05) is 49.0 Å². The molecule has 3 rings (SSSR count). The summed E-state index contributed by atoms with van der Waals surface area (Å²) in [5, 5.41) is 16.9. The fraction of sp³-hybridized carbons (Fsp3) is 0.188. The van der Waals surface area contributed by atoms with Gasteiger partial charge in [-0.2, -0.15) is 5.10 Å². The minimum atomic E-state index is 0.310. The highest BCUT2D eigenvalue weighted by Crippen LogP contribution is 2.35. The average Bonchev–Trinajstić information content (AvgIpc) is 2.72. The number of fused-ring (bicyclic) bond motifs is 1. The summed E-state index contributed by atoms with van der Waals surface area (Å²) in [6, 6.07) is 11.5. The van der Waals surface area contributed by atoms with Crippen LogP contribution in [0.15, 0.2) is 41.3 Å². The molecule has 1 N–H and O–H groups in total. The highest BCUT2D eigenvalue weighted by Gasteiger charge is 2.12. The van der Waals surface area contributed by atoms with Gasteiger partial charge in [-0.25, -0.2) is 0 Å². The number of aromatic hydroxyl groups is 1. The van der Waals surface area contributed by atoms with Crippen molar-refractivity contribution < 1.29 is 5.11 Å². The number of phenolic OH excluding ortho intramolecular Hbond substituents is 1. The first kappa shape index (κ1) is 14.3. The van der Waals surface area contributed by atoms with Gasteiger partial charge in [-0.1, -0.05) is 35.9 Å². The summed E-state index contributed by atoms with van der Waals surface area (Å²) in [6.07, 6.45) is 0. The van der Waals surface area contributed by atoms with Crippen LogP contribution in [0.5, 0.6) is 5.75 Å².